The van der Waals surface area contributed by atoms with Crippen LogP contribution < -0.4 is 5.32 Å². The van der Waals surface area contributed by atoms with Gasteiger partial charge in [0.15, 0.2) is 0 Å². The highest BCUT2D eigenvalue weighted by Crippen LogP contribution is 2.13. The van der Waals surface area contributed by atoms with Gasteiger partial charge in [-0.2, -0.15) is 0 Å². The van der Waals surface area contributed by atoms with E-state index in [1.165, 1.54) is 0 Å². The highest BCUT2D eigenvalue weighted by Gasteiger charge is 2.09. The molecule has 15 heavy (non-hydrogen) atoms. The molecule has 0 saturated carbocycles. The quantitative estimate of drug-likeness (QED) is 0.678. The SMILES string of the molecule is Clc1cccnc1C#CC1CCNCC1. The monoisotopic (exact) mass is 220 g/mol. The Labute approximate surface area is 95.1 Å². The van der Waals surface area contributed by atoms with Gasteiger partial charge in [0.05, 0.1) is 5.02 Å². The number of nitrogens with zero attached hydrogens (tertiary/aromatic N) is 1. The van der Waals surface area contributed by atoms with E-state index < -0.39 is 0 Å². The molecule has 1 aliphatic heterocycles. The van der Waals surface area contributed by atoms with Crippen LogP contribution in [0.1, 0.15) is 18.5 Å². The third-order valence-corrected chi connectivity index (χ3v) is 2.80. The topological polar surface area (TPSA) is 24.9 Å². The van der Waals surface area contributed by atoms with E-state index in [0.29, 0.717) is 16.6 Å². The Hall–Kier alpha value is -1.04. The van der Waals surface area contributed by atoms with Crippen molar-refractivity contribution in [3.05, 3.63) is 29.0 Å². The van der Waals surface area contributed by atoms with Gasteiger partial charge in [-0.05, 0) is 44.0 Å². The molecular weight excluding hydrogens is 208 g/mol. The fourth-order valence-electron chi connectivity index (χ4n) is 1.61. The van der Waals surface area contributed by atoms with E-state index >= 15 is 0 Å². The Morgan fingerprint density at radius 3 is 2.93 bits per heavy atom. The van der Waals surface area contributed by atoms with Crippen LogP contribution in [0.15, 0.2) is 18.3 Å². The second-order valence-corrected chi connectivity index (χ2v) is 4.03. The maximum absolute atomic E-state index is 5.96. The van der Waals surface area contributed by atoms with Crippen LogP contribution in [0.3, 0.4) is 0 Å². The van der Waals surface area contributed by atoms with Gasteiger partial charge >= 0.3 is 0 Å². The summed E-state index contributed by atoms with van der Waals surface area (Å²) < 4.78 is 0. The number of hydrogen-bond donors (Lipinski definition) is 1. The van der Waals surface area contributed by atoms with E-state index in [-0.39, 0.29) is 0 Å². The first-order valence-corrected chi connectivity index (χ1v) is 5.57. The van der Waals surface area contributed by atoms with Crippen LogP contribution in [0.5, 0.6) is 0 Å². The van der Waals surface area contributed by atoms with Crippen molar-refractivity contribution >= 4 is 11.6 Å². The highest BCUT2D eigenvalue weighted by molar-refractivity contribution is 6.31. The number of aromatic nitrogens is 1. The maximum Gasteiger partial charge on any atom is 0.131 e. The standard InChI is InChI=1S/C12H13ClN2/c13-11-2-1-7-15-12(11)4-3-10-5-8-14-9-6-10/h1-2,7,10,14H,5-6,8-9H2. The molecule has 2 rings (SSSR count). The summed E-state index contributed by atoms with van der Waals surface area (Å²) in [6.45, 7) is 2.13. The van der Waals surface area contributed by atoms with Crippen molar-refractivity contribution in [1.82, 2.24) is 10.3 Å². The summed E-state index contributed by atoms with van der Waals surface area (Å²) in [5.41, 5.74) is 0.692. The predicted octanol–water partition coefficient (Wildman–Crippen LogP) is 2.09. The molecule has 0 aromatic carbocycles. The molecule has 0 bridgehead atoms. The fourth-order valence-corrected chi connectivity index (χ4v) is 1.78. The Balaban J connectivity index is 2.07. The molecule has 78 valence electrons. The summed E-state index contributed by atoms with van der Waals surface area (Å²) in [4.78, 5) is 4.14. The Bertz CT molecular complexity index is 386. The van der Waals surface area contributed by atoms with Gasteiger partial charge in [0.1, 0.15) is 5.69 Å². The van der Waals surface area contributed by atoms with E-state index in [9.17, 15) is 0 Å². The molecule has 0 atom stereocenters. The third-order valence-electron chi connectivity index (χ3n) is 2.49. The van der Waals surface area contributed by atoms with E-state index in [2.05, 4.69) is 22.1 Å². The first-order chi connectivity index (χ1) is 7.36. The number of pyridine rings is 1. The molecule has 1 aromatic rings. The first kappa shape index (κ1) is 10.5. The first-order valence-electron chi connectivity index (χ1n) is 5.19. The summed E-state index contributed by atoms with van der Waals surface area (Å²) >= 11 is 5.96. The molecule has 0 radical (unpaired) electrons. The largest absolute Gasteiger partial charge is 0.317 e. The van der Waals surface area contributed by atoms with Crippen molar-refractivity contribution in [1.29, 1.82) is 0 Å². The van der Waals surface area contributed by atoms with E-state index in [0.717, 1.165) is 25.9 Å². The molecular formula is C12H13ClN2. The number of rotatable bonds is 0. The molecule has 3 heteroatoms. The van der Waals surface area contributed by atoms with Gasteiger partial charge in [-0.3, -0.25) is 0 Å². The summed E-state index contributed by atoms with van der Waals surface area (Å²) in [5.74, 6) is 6.79. The van der Waals surface area contributed by atoms with Gasteiger partial charge in [-0.25, -0.2) is 4.98 Å². The zero-order valence-corrected chi connectivity index (χ0v) is 9.22. The molecule has 1 aliphatic rings. The summed E-state index contributed by atoms with van der Waals surface area (Å²) in [6.07, 6.45) is 3.97. The van der Waals surface area contributed by atoms with E-state index in [1.807, 2.05) is 12.1 Å². The molecule has 0 unspecified atom stereocenters. The minimum atomic E-state index is 0.490. The molecule has 2 heterocycles. The molecule has 0 aliphatic carbocycles. The lowest BCUT2D eigenvalue weighted by atomic mass is 9.99. The molecule has 1 fully saturated rings. The van der Waals surface area contributed by atoms with Gasteiger partial charge < -0.3 is 5.32 Å². The highest BCUT2D eigenvalue weighted by atomic mass is 35.5. The maximum atomic E-state index is 5.96. The van der Waals surface area contributed by atoms with Crippen molar-refractivity contribution in [3.63, 3.8) is 0 Å². The van der Waals surface area contributed by atoms with Gasteiger partial charge in [0, 0.05) is 12.1 Å². The van der Waals surface area contributed by atoms with Crippen LogP contribution in [-0.2, 0) is 0 Å². The fraction of sp³-hybridized carbons (Fsp3) is 0.417. The molecule has 0 amide bonds. The van der Waals surface area contributed by atoms with Crippen molar-refractivity contribution < 1.29 is 0 Å². The normalized spacial score (nSPS) is 16.9. The lowest BCUT2D eigenvalue weighted by molar-refractivity contribution is 0.447. The number of nitrogens with one attached hydrogen (secondary N) is 1. The predicted molar refractivity (Wildman–Crippen MR) is 61.7 cm³/mol. The lowest BCUT2D eigenvalue weighted by Crippen LogP contribution is -2.26. The summed E-state index contributed by atoms with van der Waals surface area (Å²) in [5, 5.41) is 3.95. The molecule has 0 spiro atoms. The lowest BCUT2D eigenvalue weighted by Gasteiger charge is -2.17. The van der Waals surface area contributed by atoms with Crippen molar-refractivity contribution in [2.24, 2.45) is 5.92 Å². The van der Waals surface area contributed by atoms with Gasteiger partial charge in [0.2, 0.25) is 0 Å². The average molecular weight is 221 g/mol. The third kappa shape index (κ3) is 2.95. The Morgan fingerprint density at radius 1 is 1.40 bits per heavy atom. The Morgan fingerprint density at radius 2 is 2.20 bits per heavy atom. The minimum absolute atomic E-state index is 0.490. The summed E-state index contributed by atoms with van der Waals surface area (Å²) in [6, 6.07) is 3.64. The number of hydrogen-bond acceptors (Lipinski definition) is 2. The molecule has 2 nitrogen and oxygen atoms in total. The van der Waals surface area contributed by atoms with Crippen LogP contribution in [0, 0.1) is 17.8 Å². The van der Waals surface area contributed by atoms with Gasteiger partial charge in [-0.1, -0.05) is 17.5 Å². The zero-order valence-electron chi connectivity index (χ0n) is 8.46. The van der Waals surface area contributed by atoms with Gasteiger partial charge in [-0.15, -0.1) is 0 Å². The van der Waals surface area contributed by atoms with Crippen LogP contribution in [0.25, 0.3) is 0 Å². The molecule has 1 aromatic heterocycles. The van der Waals surface area contributed by atoms with E-state index in [4.69, 9.17) is 11.6 Å². The van der Waals surface area contributed by atoms with Crippen LogP contribution in [-0.4, -0.2) is 18.1 Å². The van der Waals surface area contributed by atoms with Crippen LogP contribution in [0.4, 0.5) is 0 Å². The van der Waals surface area contributed by atoms with Crippen LogP contribution >= 0.6 is 11.6 Å². The zero-order chi connectivity index (χ0) is 10.5. The van der Waals surface area contributed by atoms with Crippen molar-refractivity contribution in [2.45, 2.75) is 12.8 Å². The van der Waals surface area contributed by atoms with Crippen molar-refractivity contribution in [3.8, 4) is 11.8 Å². The number of halogens is 1. The second-order valence-electron chi connectivity index (χ2n) is 3.63. The average Bonchev–Trinajstić information content (AvgIpc) is 2.29. The molecule has 1 N–H and O–H groups in total. The van der Waals surface area contributed by atoms with Crippen LogP contribution in [0.2, 0.25) is 5.02 Å². The smallest absolute Gasteiger partial charge is 0.131 e. The van der Waals surface area contributed by atoms with E-state index in [1.54, 1.807) is 6.20 Å². The second kappa shape index (κ2) is 5.16. The Kier molecular flexibility index (Phi) is 3.60. The minimum Gasteiger partial charge on any atom is -0.317 e. The molecule has 1 saturated heterocycles. The van der Waals surface area contributed by atoms with Gasteiger partial charge in [0.25, 0.3) is 0 Å². The summed E-state index contributed by atoms with van der Waals surface area (Å²) in [7, 11) is 0. The number of piperidine rings is 1. The van der Waals surface area contributed by atoms with Crippen molar-refractivity contribution in [2.75, 3.05) is 13.1 Å².